The summed E-state index contributed by atoms with van der Waals surface area (Å²) in [5, 5.41) is 13.0. The minimum absolute atomic E-state index is 0.0431. The average molecular weight is 414 g/mol. The predicted octanol–water partition coefficient (Wildman–Crippen LogP) is 4.07. The van der Waals surface area contributed by atoms with Crippen LogP contribution in [0.5, 0.6) is 11.5 Å². The van der Waals surface area contributed by atoms with Crippen molar-refractivity contribution in [2.24, 2.45) is 0 Å². The summed E-state index contributed by atoms with van der Waals surface area (Å²) in [6, 6.07) is 11.3. The van der Waals surface area contributed by atoms with Crippen LogP contribution in [0.4, 0.5) is 0 Å². The Balaban J connectivity index is 1.92. The van der Waals surface area contributed by atoms with Crippen molar-refractivity contribution >= 4 is 23.2 Å². The molecule has 2 N–H and O–H groups in total. The Morgan fingerprint density at radius 1 is 0.926 bits per heavy atom. The van der Waals surface area contributed by atoms with E-state index in [1.807, 2.05) is 31.2 Å². The lowest BCUT2D eigenvalue weighted by molar-refractivity contribution is 0.0938. The molecule has 2 aromatic carbocycles. The molecule has 0 amide bonds. The number of hydrogen-bond donors (Lipinski definition) is 2. The molecule has 2 aromatic rings. The first-order chi connectivity index (χ1) is 13.1. The van der Waals surface area contributed by atoms with Crippen LogP contribution in [-0.4, -0.2) is 38.1 Å². The number of benzene rings is 2. The molecule has 0 fully saturated rings. The second-order valence-electron chi connectivity index (χ2n) is 5.76. The van der Waals surface area contributed by atoms with E-state index in [4.69, 9.17) is 42.5 Å². The molecular formula is C20H25Cl2NO4. The third-order valence-corrected chi connectivity index (χ3v) is 4.41. The monoisotopic (exact) mass is 413 g/mol. The zero-order chi connectivity index (χ0) is 19.5. The standard InChI is InChI=1S/C20H25Cl2NO4/c1-2-26-20-12-15(13-23-7-9-25-10-8-24)4-6-19(20)27-14-16-3-5-17(21)18(22)11-16/h3-6,11-12,23-24H,2,7-10,13-14H2,1H3. The zero-order valence-electron chi connectivity index (χ0n) is 15.3. The van der Waals surface area contributed by atoms with E-state index in [-0.39, 0.29) is 6.61 Å². The largest absolute Gasteiger partial charge is 0.490 e. The number of nitrogens with one attached hydrogen (secondary N) is 1. The van der Waals surface area contributed by atoms with E-state index in [1.54, 1.807) is 12.1 Å². The predicted molar refractivity (Wildman–Crippen MR) is 108 cm³/mol. The fourth-order valence-corrected chi connectivity index (χ4v) is 2.70. The van der Waals surface area contributed by atoms with E-state index < -0.39 is 0 Å². The molecule has 0 heterocycles. The topological polar surface area (TPSA) is 60.0 Å². The quantitative estimate of drug-likeness (QED) is 0.513. The van der Waals surface area contributed by atoms with Crippen LogP contribution in [0.25, 0.3) is 0 Å². The molecule has 7 heteroatoms. The molecule has 0 aliphatic carbocycles. The molecule has 0 spiro atoms. The number of hydrogen-bond acceptors (Lipinski definition) is 5. The average Bonchev–Trinajstić information content (AvgIpc) is 2.67. The number of halogens is 2. The van der Waals surface area contributed by atoms with Crippen LogP contribution in [0, 0.1) is 0 Å². The highest BCUT2D eigenvalue weighted by Gasteiger charge is 2.08. The van der Waals surface area contributed by atoms with E-state index in [0.717, 1.165) is 11.1 Å². The fourth-order valence-electron chi connectivity index (χ4n) is 2.38. The molecule has 0 radical (unpaired) electrons. The van der Waals surface area contributed by atoms with E-state index >= 15 is 0 Å². The lowest BCUT2D eigenvalue weighted by Gasteiger charge is -2.14. The Morgan fingerprint density at radius 2 is 1.74 bits per heavy atom. The van der Waals surface area contributed by atoms with Crippen molar-refractivity contribution in [1.29, 1.82) is 0 Å². The highest BCUT2D eigenvalue weighted by atomic mass is 35.5. The van der Waals surface area contributed by atoms with Gasteiger partial charge in [-0.15, -0.1) is 0 Å². The molecule has 0 saturated heterocycles. The molecular weight excluding hydrogens is 389 g/mol. The molecule has 0 saturated carbocycles. The zero-order valence-corrected chi connectivity index (χ0v) is 16.9. The van der Waals surface area contributed by atoms with Crippen LogP contribution in [0.1, 0.15) is 18.1 Å². The Morgan fingerprint density at radius 3 is 2.48 bits per heavy atom. The van der Waals surface area contributed by atoms with Crippen molar-refractivity contribution in [2.45, 2.75) is 20.1 Å². The smallest absolute Gasteiger partial charge is 0.161 e. The lowest BCUT2D eigenvalue weighted by Crippen LogP contribution is -2.20. The van der Waals surface area contributed by atoms with Crippen molar-refractivity contribution < 1.29 is 19.3 Å². The van der Waals surface area contributed by atoms with Gasteiger partial charge in [-0.25, -0.2) is 0 Å². The Bertz CT molecular complexity index is 712. The third-order valence-electron chi connectivity index (χ3n) is 3.67. The van der Waals surface area contributed by atoms with Gasteiger partial charge in [-0.05, 0) is 42.3 Å². The highest BCUT2D eigenvalue weighted by Crippen LogP contribution is 2.30. The van der Waals surface area contributed by atoms with Crippen LogP contribution < -0.4 is 14.8 Å². The molecule has 5 nitrogen and oxygen atoms in total. The van der Waals surface area contributed by atoms with Crippen LogP contribution >= 0.6 is 23.2 Å². The van der Waals surface area contributed by atoms with E-state index in [9.17, 15) is 0 Å². The molecule has 0 aliphatic rings. The van der Waals surface area contributed by atoms with Gasteiger partial charge < -0.3 is 24.6 Å². The van der Waals surface area contributed by atoms with Gasteiger partial charge in [0.05, 0.1) is 36.5 Å². The van der Waals surface area contributed by atoms with Crippen LogP contribution in [0.2, 0.25) is 10.0 Å². The molecule has 0 bridgehead atoms. The van der Waals surface area contributed by atoms with Gasteiger partial charge in [-0.1, -0.05) is 35.3 Å². The molecule has 2 rings (SSSR count). The SMILES string of the molecule is CCOc1cc(CNCCOCCO)ccc1OCc1ccc(Cl)c(Cl)c1. The Kier molecular flexibility index (Phi) is 9.73. The Labute approximate surface area is 170 Å². The lowest BCUT2D eigenvalue weighted by atomic mass is 10.2. The van der Waals surface area contributed by atoms with Gasteiger partial charge in [0.1, 0.15) is 6.61 Å². The number of rotatable bonds is 12. The summed E-state index contributed by atoms with van der Waals surface area (Å²) in [6.45, 7) is 5.22. The molecule has 0 aromatic heterocycles. The Hall–Kier alpha value is -1.50. The molecule has 27 heavy (non-hydrogen) atoms. The first-order valence-electron chi connectivity index (χ1n) is 8.85. The van der Waals surface area contributed by atoms with Crippen molar-refractivity contribution in [3.8, 4) is 11.5 Å². The second kappa shape index (κ2) is 12.1. The van der Waals surface area contributed by atoms with Gasteiger partial charge in [0.2, 0.25) is 0 Å². The minimum Gasteiger partial charge on any atom is -0.490 e. The van der Waals surface area contributed by atoms with Gasteiger partial charge in [0.15, 0.2) is 11.5 Å². The van der Waals surface area contributed by atoms with Crippen molar-refractivity contribution in [1.82, 2.24) is 5.32 Å². The number of ether oxygens (including phenoxy) is 3. The van der Waals surface area contributed by atoms with Crippen molar-refractivity contribution in [3.05, 3.63) is 57.6 Å². The second-order valence-corrected chi connectivity index (χ2v) is 6.58. The summed E-state index contributed by atoms with van der Waals surface area (Å²) in [7, 11) is 0. The summed E-state index contributed by atoms with van der Waals surface area (Å²) in [4.78, 5) is 0. The van der Waals surface area contributed by atoms with Crippen molar-refractivity contribution in [3.63, 3.8) is 0 Å². The van der Waals surface area contributed by atoms with Crippen molar-refractivity contribution in [2.75, 3.05) is 33.0 Å². The van der Waals surface area contributed by atoms with Gasteiger partial charge in [0.25, 0.3) is 0 Å². The van der Waals surface area contributed by atoms with Gasteiger partial charge >= 0.3 is 0 Å². The van der Waals surface area contributed by atoms with Gasteiger partial charge in [0, 0.05) is 13.1 Å². The summed E-state index contributed by atoms with van der Waals surface area (Å²) in [5.74, 6) is 1.38. The normalized spacial score (nSPS) is 10.8. The highest BCUT2D eigenvalue weighted by molar-refractivity contribution is 6.42. The van der Waals surface area contributed by atoms with E-state index in [2.05, 4.69) is 5.32 Å². The first-order valence-corrected chi connectivity index (χ1v) is 9.61. The molecule has 0 aliphatic heterocycles. The third kappa shape index (κ3) is 7.56. The summed E-state index contributed by atoms with van der Waals surface area (Å²) < 4.78 is 16.8. The molecule has 0 unspecified atom stereocenters. The van der Waals surface area contributed by atoms with Gasteiger partial charge in [-0.3, -0.25) is 0 Å². The molecule has 0 atom stereocenters. The summed E-state index contributed by atoms with van der Waals surface area (Å²) in [5.41, 5.74) is 2.02. The maximum Gasteiger partial charge on any atom is 0.161 e. The van der Waals surface area contributed by atoms with Gasteiger partial charge in [-0.2, -0.15) is 0 Å². The maximum absolute atomic E-state index is 8.67. The summed E-state index contributed by atoms with van der Waals surface area (Å²) >= 11 is 12.0. The molecule has 148 valence electrons. The first kappa shape index (κ1) is 21.8. The number of aliphatic hydroxyl groups excluding tert-OH is 1. The van der Waals surface area contributed by atoms with E-state index in [1.165, 1.54) is 0 Å². The van der Waals surface area contributed by atoms with E-state index in [0.29, 0.717) is 61.1 Å². The fraction of sp³-hybridized carbons (Fsp3) is 0.400. The van der Waals surface area contributed by atoms with Crippen LogP contribution in [0.3, 0.4) is 0 Å². The number of aliphatic hydroxyl groups is 1. The summed E-state index contributed by atoms with van der Waals surface area (Å²) in [6.07, 6.45) is 0. The van der Waals surface area contributed by atoms with Crippen LogP contribution in [0.15, 0.2) is 36.4 Å². The minimum atomic E-state index is 0.0431. The van der Waals surface area contributed by atoms with Crippen LogP contribution in [-0.2, 0) is 17.9 Å². The maximum atomic E-state index is 8.67.